The molecule has 0 fully saturated rings. The third-order valence-electron chi connectivity index (χ3n) is 2.12. The summed E-state index contributed by atoms with van der Waals surface area (Å²) < 4.78 is 4.24. The van der Waals surface area contributed by atoms with E-state index < -0.39 is 0 Å². The van der Waals surface area contributed by atoms with Crippen LogP contribution in [0.3, 0.4) is 0 Å². The second kappa shape index (κ2) is 4.93. The number of nitrogens with zero attached hydrogens (tertiary/aromatic N) is 3. The Hall–Kier alpha value is -1.63. The summed E-state index contributed by atoms with van der Waals surface area (Å²) in [5.74, 6) is 1.49. The van der Waals surface area contributed by atoms with E-state index in [9.17, 15) is 0 Å². The first kappa shape index (κ1) is 10.9. The van der Waals surface area contributed by atoms with E-state index in [1.54, 1.807) is 6.20 Å². The van der Waals surface area contributed by atoms with Gasteiger partial charge in [-0.1, -0.05) is 6.92 Å². The largest absolute Gasteiger partial charge is 0.384 e. The molecular formula is C9H14N6S. The van der Waals surface area contributed by atoms with Gasteiger partial charge in [0.25, 0.3) is 0 Å². The van der Waals surface area contributed by atoms with Crippen LogP contribution < -0.4 is 11.1 Å². The Bertz CT molecular complexity index is 448. The van der Waals surface area contributed by atoms with Crippen LogP contribution in [0, 0.1) is 0 Å². The predicted molar refractivity (Wildman–Crippen MR) is 64.2 cm³/mol. The number of anilines is 2. The summed E-state index contributed by atoms with van der Waals surface area (Å²) >= 11 is 1.37. The van der Waals surface area contributed by atoms with Crippen molar-refractivity contribution in [1.82, 2.24) is 19.6 Å². The van der Waals surface area contributed by atoms with Crippen LogP contribution in [0.2, 0.25) is 0 Å². The molecule has 0 unspecified atom stereocenters. The number of nitrogens with two attached hydrogens (primary N) is 1. The van der Waals surface area contributed by atoms with Crippen molar-refractivity contribution in [3.63, 3.8) is 0 Å². The summed E-state index contributed by atoms with van der Waals surface area (Å²) in [6.45, 7) is 2.73. The predicted octanol–water partition coefficient (Wildman–Crippen LogP) is 1.41. The number of aryl methyl sites for hydroxylation is 1. The third-order valence-corrected chi connectivity index (χ3v) is 2.83. The highest BCUT2D eigenvalue weighted by Crippen LogP contribution is 2.14. The molecule has 0 aromatic carbocycles. The van der Waals surface area contributed by atoms with E-state index in [2.05, 4.69) is 31.8 Å². The van der Waals surface area contributed by atoms with E-state index in [0.717, 1.165) is 29.4 Å². The van der Waals surface area contributed by atoms with Gasteiger partial charge in [0.15, 0.2) is 0 Å². The molecule has 7 heteroatoms. The Morgan fingerprint density at radius 1 is 1.56 bits per heavy atom. The second-order valence-corrected chi connectivity index (χ2v) is 4.18. The fourth-order valence-corrected chi connectivity index (χ4v) is 1.89. The van der Waals surface area contributed by atoms with Crippen LogP contribution in [0.5, 0.6) is 0 Å². The summed E-state index contributed by atoms with van der Waals surface area (Å²) in [4.78, 5) is 4.35. The van der Waals surface area contributed by atoms with Crippen LogP contribution in [0.1, 0.15) is 24.7 Å². The summed E-state index contributed by atoms with van der Waals surface area (Å²) in [6, 6.07) is 0. The number of aromatic nitrogens is 4. The van der Waals surface area contributed by atoms with E-state index in [1.807, 2.05) is 0 Å². The highest BCUT2D eigenvalue weighted by molar-refractivity contribution is 7.09. The Morgan fingerprint density at radius 3 is 3.12 bits per heavy atom. The smallest absolute Gasteiger partial charge is 0.202 e. The summed E-state index contributed by atoms with van der Waals surface area (Å²) in [7, 11) is 0. The molecule has 0 aliphatic carbocycles. The molecule has 0 spiro atoms. The molecule has 0 amide bonds. The van der Waals surface area contributed by atoms with Crippen molar-refractivity contribution in [3.05, 3.63) is 17.6 Å². The average Bonchev–Trinajstić information content (AvgIpc) is 2.86. The van der Waals surface area contributed by atoms with Crippen molar-refractivity contribution in [3.8, 4) is 0 Å². The van der Waals surface area contributed by atoms with Gasteiger partial charge in [-0.3, -0.25) is 5.10 Å². The zero-order valence-corrected chi connectivity index (χ0v) is 9.84. The number of nitrogens with one attached hydrogen (secondary N) is 2. The molecule has 2 rings (SSSR count). The van der Waals surface area contributed by atoms with Crippen LogP contribution >= 0.6 is 11.5 Å². The lowest BCUT2D eigenvalue weighted by Gasteiger charge is -1.99. The third kappa shape index (κ3) is 2.48. The summed E-state index contributed by atoms with van der Waals surface area (Å²) in [6.07, 6.45) is 3.69. The van der Waals surface area contributed by atoms with Gasteiger partial charge in [0.1, 0.15) is 11.6 Å². The maximum absolute atomic E-state index is 5.67. The van der Waals surface area contributed by atoms with Crippen LogP contribution in [-0.2, 0) is 13.0 Å². The van der Waals surface area contributed by atoms with E-state index in [0.29, 0.717) is 12.4 Å². The fraction of sp³-hybridized carbons (Fsp3) is 0.444. The van der Waals surface area contributed by atoms with Gasteiger partial charge in [0.05, 0.1) is 6.20 Å². The normalized spacial score (nSPS) is 10.6. The van der Waals surface area contributed by atoms with E-state index >= 15 is 0 Å². The molecule has 16 heavy (non-hydrogen) atoms. The van der Waals surface area contributed by atoms with Gasteiger partial charge < -0.3 is 11.1 Å². The molecule has 0 radical (unpaired) electrons. The minimum atomic E-state index is 0.589. The average molecular weight is 238 g/mol. The number of aromatic amines is 1. The first-order chi connectivity index (χ1) is 7.79. The van der Waals surface area contributed by atoms with Crippen molar-refractivity contribution in [2.24, 2.45) is 0 Å². The first-order valence-corrected chi connectivity index (χ1v) is 5.91. The Balaban J connectivity index is 1.92. The van der Waals surface area contributed by atoms with Crippen LogP contribution in [0.4, 0.5) is 10.9 Å². The lowest BCUT2D eigenvalue weighted by atomic mass is 10.3. The Morgan fingerprint density at radius 2 is 2.44 bits per heavy atom. The fourth-order valence-electron chi connectivity index (χ4n) is 1.28. The van der Waals surface area contributed by atoms with Crippen LogP contribution in [0.25, 0.3) is 0 Å². The van der Waals surface area contributed by atoms with Gasteiger partial charge in [-0.25, -0.2) is 4.98 Å². The van der Waals surface area contributed by atoms with Crippen LogP contribution in [0.15, 0.2) is 6.20 Å². The van der Waals surface area contributed by atoms with Crippen molar-refractivity contribution in [2.75, 3.05) is 11.1 Å². The monoisotopic (exact) mass is 238 g/mol. The summed E-state index contributed by atoms with van der Waals surface area (Å²) in [5.41, 5.74) is 6.60. The molecule has 0 saturated carbocycles. The molecule has 2 aromatic rings. The number of H-pyrrole nitrogens is 1. The van der Waals surface area contributed by atoms with Gasteiger partial charge in [0, 0.05) is 30.1 Å². The highest BCUT2D eigenvalue weighted by atomic mass is 32.1. The molecule has 0 atom stereocenters. The SMILES string of the molecule is CCCc1nsc(NCc2cn[nH]c2N)n1. The van der Waals surface area contributed by atoms with E-state index in [1.165, 1.54) is 11.5 Å². The maximum atomic E-state index is 5.67. The Kier molecular flexibility index (Phi) is 3.35. The van der Waals surface area contributed by atoms with Crippen molar-refractivity contribution in [1.29, 1.82) is 0 Å². The van der Waals surface area contributed by atoms with Gasteiger partial charge in [0.2, 0.25) is 5.13 Å². The van der Waals surface area contributed by atoms with Gasteiger partial charge in [-0.2, -0.15) is 9.47 Å². The molecule has 0 aliphatic rings. The molecule has 0 bridgehead atoms. The first-order valence-electron chi connectivity index (χ1n) is 5.13. The molecule has 86 valence electrons. The van der Waals surface area contributed by atoms with E-state index in [4.69, 9.17) is 5.73 Å². The molecule has 6 nitrogen and oxygen atoms in total. The van der Waals surface area contributed by atoms with Gasteiger partial charge in [-0.15, -0.1) is 0 Å². The molecule has 0 aliphatic heterocycles. The molecule has 2 heterocycles. The zero-order chi connectivity index (χ0) is 11.4. The van der Waals surface area contributed by atoms with Crippen molar-refractivity contribution < 1.29 is 0 Å². The van der Waals surface area contributed by atoms with Crippen molar-refractivity contribution >= 4 is 22.5 Å². The highest BCUT2D eigenvalue weighted by Gasteiger charge is 2.04. The Labute approximate surface area is 97.5 Å². The number of hydrogen-bond donors (Lipinski definition) is 3. The number of hydrogen-bond acceptors (Lipinski definition) is 6. The molecule has 4 N–H and O–H groups in total. The molecule has 0 saturated heterocycles. The maximum Gasteiger partial charge on any atom is 0.202 e. The second-order valence-electron chi connectivity index (χ2n) is 3.43. The standard InChI is InChI=1S/C9H14N6S/c1-2-3-7-13-9(16-15-7)11-4-6-5-12-14-8(6)10/h5H,2-4H2,1H3,(H3,10,12,14)(H,11,13,15). The van der Waals surface area contributed by atoms with E-state index in [-0.39, 0.29) is 0 Å². The minimum absolute atomic E-state index is 0.589. The zero-order valence-electron chi connectivity index (χ0n) is 9.03. The quantitative estimate of drug-likeness (QED) is 0.732. The van der Waals surface area contributed by atoms with Crippen molar-refractivity contribution in [2.45, 2.75) is 26.3 Å². The van der Waals surface area contributed by atoms with Gasteiger partial charge in [-0.05, 0) is 6.42 Å². The molecule has 2 aromatic heterocycles. The topological polar surface area (TPSA) is 92.5 Å². The van der Waals surface area contributed by atoms with Gasteiger partial charge >= 0.3 is 0 Å². The number of rotatable bonds is 5. The minimum Gasteiger partial charge on any atom is -0.384 e. The lowest BCUT2D eigenvalue weighted by molar-refractivity contribution is 0.861. The summed E-state index contributed by atoms with van der Waals surface area (Å²) in [5, 5.41) is 10.5. The molecular weight excluding hydrogens is 224 g/mol. The lowest BCUT2D eigenvalue weighted by Crippen LogP contribution is -2.01. The van der Waals surface area contributed by atoms with Crippen LogP contribution in [-0.4, -0.2) is 19.6 Å². The number of nitrogen functional groups attached to an aromatic ring is 1.